The van der Waals surface area contributed by atoms with Crippen molar-refractivity contribution in [1.29, 1.82) is 0 Å². The average molecular weight is 282 g/mol. The third-order valence-electron chi connectivity index (χ3n) is 5.27. The van der Waals surface area contributed by atoms with Crippen molar-refractivity contribution in [3.63, 3.8) is 0 Å². The van der Waals surface area contributed by atoms with E-state index in [0.29, 0.717) is 18.3 Å². The molecule has 4 N–H and O–H groups in total. The molecule has 116 valence electrons. The van der Waals surface area contributed by atoms with Crippen LogP contribution in [0.3, 0.4) is 0 Å². The molecule has 1 aliphatic heterocycles. The van der Waals surface area contributed by atoms with Crippen LogP contribution in [-0.4, -0.2) is 47.2 Å². The molecule has 1 saturated heterocycles. The number of unbranched alkanes of at least 4 members (excludes halogenated alkanes) is 1. The first-order valence-corrected chi connectivity index (χ1v) is 8.52. The number of rotatable bonds is 7. The van der Waals surface area contributed by atoms with Crippen LogP contribution in [0.5, 0.6) is 0 Å². The van der Waals surface area contributed by atoms with E-state index in [-0.39, 0.29) is 0 Å². The van der Waals surface area contributed by atoms with Gasteiger partial charge in [-0.3, -0.25) is 0 Å². The van der Waals surface area contributed by atoms with Gasteiger partial charge in [-0.05, 0) is 57.4 Å². The fraction of sp³-hybridized carbons (Fsp3) is 1.00. The fourth-order valence-corrected chi connectivity index (χ4v) is 3.92. The van der Waals surface area contributed by atoms with Crippen LogP contribution in [0.2, 0.25) is 6.32 Å². The van der Waals surface area contributed by atoms with Gasteiger partial charge in [0.2, 0.25) is 0 Å². The summed E-state index contributed by atoms with van der Waals surface area (Å²) in [7, 11) is -1.15. The molecule has 0 aromatic heterocycles. The molecular formula is C15H31BN2O2. The molecule has 2 fully saturated rings. The molecule has 0 radical (unpaired) electrons. The highest BCUT2D eigenvalue weighted by Gasteiger charge is 2.29. The number of hydrogen-bond donors (Lipinski definition) is 3. The summed E-state index contributed by atoms with van der Waals surface area (Å²) in [5.74, 6) is 0.673. The highest BCUT2D eigenvalue weighted by Crippen LogP contribution is 2.29. The first kappa shape index (κ1) is 16.3. The summed E-state index contributed by atoms with van der Waals surface area (Å²) in [5.41, 5.74) is 6.32. The Balaban J connectivity index is 1.60. The van der Waals surface area contributed by atoms with E-state index in [1.54, 1.807) is 0 Å². The Labute approximate surface area is 123 Å². The molecule has 5 heteroatoms. The zero-order chi connectivity index (χ0) is 14.4. The third-order valence-corrected chi connectivity index (χ3v) is 5.27. The SMILES string of the molecule is NC(CCCCB(O)O)C1CCN(C2CCCC2)CC1. The van der Waals surface area contributed by atoms with Crippen molar-refractivity contribution in [2.75, 3.05) is 13.1 Å². The van der Waals surface area contributed by atoms with Crippen LogP contribution in [0.25, 0.3) is 0 Å². The fourth-order valence-electron chi connectivity index (χ4n) is 3.92. The Kier molecular flexibility index (Phi) is 6.81. The second-order valence-electron chi connectivity index (χ2n) is 6.74. The largest absolute Gasteiger partial charge is 0.451 e. The Hall–Kier alpha value is -0.0951. The number of likely N-dealkylation sites (tertiary alicyclic amines) is 1. The summed E-state index contributed by atoms with van der Waals surface area (Å²) in [6, 6.07) is 1.16. The Morgan fingerprint density at radius 3 is 2.30 bits per heavy atom. The minimum Gasteiger partial charge on any atom is -0.427 e. The van der Waals surface area contributed by atoms with Crippen LogP contribution in [0.4, 0.5) is 0 Å². The maximum atomic E-state index is 8.82. The van der Waals surface area contributed by atoms with Crippen LogP contribution < -0.4 is 5.73 Å². The molecule has 2 rings (SSSR count). The van der Waals surface area contributed by atoms with E-state index in [4.69, 9.17) is 15.8 Å². The second kappa shape index (κ2) is 8.37. The minimum atomic E-state index is -1.15. The van der Waals surface area contributed by atoms with Gasteiger partial charge in [0.05, 0.1) is 0 Å². The van der Waals surface area contributed by atoms with E-state index in [1.807, 2.05) is 0 Å². The Morgan fingerprint density at radius 2 is 1.70 bits per heavy atom. The van der Waals surface area contributed by atoms with E-state index in [9.17, 15) is 0 Å². The molecule has 0 aromatic rings. The van der Waals surface area contributed by atoms with Crippen molar-refractivity contribution >= 4 is 7.12 Å². The highest BCUT2D eigenvalue weighted by molar-refractivity contribution is 6.40. The van der Waals surface area contributed by atoms with Gasteiger partial charge in [-0.1, -0.05) is 25.7 Å². The average Bonchev–Trinajstić information content (AvgIpc) is 2.97. The van der Waals surface area contributed by atoms with Crippen molar-refractivity contribution in [2.24, 2.45) is 11.7 Å². The first-order valence-electron chi connectivity index (χ1n) is 8.52. The van der Waals surface area contributed by atoms with Gasteiger partial charge in [0.15, 0.2) is 0 Å². The van der Waals surface area contributed by atoms with Gasteiger partial charge in [0.25, 0.3) is 0 Å². The molecule has 1 aliphatic carbocycles. The lowest BCUT2D eigenvalue weighted by atomic mass is 9.81. The van der Waals surface area contributed by atoms with E-state index < -0.39 is 7.12 Å². The van der Waals surface area contributed by atoms with Crippen LogP contribution in [-0.2, 0) is 0 Å². The minimum absolute atomic E-state index is 0.302. The van der Waals surface area contributed by atoms with Gasteiger partial charge < -0.3 is 20.7 Å². The van der Waals surface area contributed by atoms with Gasteiger partial charge in [-0.25, -0.2) is 0 Å². The van der Waals surface area contributed by atoms with Crippen molar-refractivity contribution in [3.8, 4) is 0 Å². The number of piperidine rings is 1. The molecule has 1 unspecified atom stereocenters. The quantitative estimate of drug-likeness (QED) is 0.490. The Morgan fingerprint density at radius 1 is 1.05 bits per heavy atom. The second-order valence-corrected chi connectivity index (χ2v) is 6.74. The summed E-state index contributed by atoms with van der Waals surface area (Å²) in [5, 5.41) is 17.6. The zero-order valence-electron chi connectivity index (χ0n) is 12.7. The van der Waals surface area contributed by atoms with Crippen molar-refractivity contribution < 1.29 is 10.0 Å². The maximum absolute atomic E-state index is 8.82. The molecule has 1 heterocycles. The van der Waals surface area contributed by atoms with Crippen molar-refractivity contribution in [3.05, 3.63) is 0 Å². The summed E-state index contributed by atoms with van der Waals surface area (Å²) in [6.07, 6.45) is 11.5. The molecule has 0 spiro atoms. The molecule has 2 aliphatic rings. The van der Waals surface area contributed by atoms with Gasteiger partial charge in [-0.15, -0.1) is 0 Å². The predicted octanol–water partition coefficient (Wildman–Crippen LogP) is 1.61. The van der Waals surface area contributed by atoms with Gasteiger partial charge in [0, 0.05) is 12.1 Å². The van der Waals surface area contributed by atoms with Gasteiger partial charge >= 0.3 is 7.12 Å². The van der Waals surface area contributed by atoms with Crippen LogP contribution >= 0.6 is 0 Å². The zero-order valence-corrected chi connectivity index (χ0v) is 12.7. The molecule has 0 aromatic carbocycles. The highest BCUT2D eigenvalue weighted by atomic mass is 16.4. The van der Waals surface area contributed by atoms with Crippen molar-refractivity contribution in [1.82, 2.24) is 4.90 Å². The molecule has 1 saturated carbocycles. The van der Waals surface area contributed by atoms with Gasteiger partial charge in [-0.2, -0.15) is 0 Å². The molecule has 0 amide bonds. The standard InChI is InChI=1S/C15H31BN2O2/c17-15(7-3-4-10-16(19)20)13-8-11-18(12-9-13)14-5-1-2-6-14/h13-15,19-20H,1-12,17H2. The number of hydrogen-bond acceptors (Lipinski definition) is 4. The Bertz CT molecular complexity index is 265. The molecule has 1 atom stereocenters. The van der Waals surface area contributed by atoms with E-state index in [2.05, 4.69) is 4.90 Å². The number of nitrogens with two attached hydrogens (primary N) is 1. The third kappa shape index (κ3) is 5.03. The summed E-state index contributed by atoms with van der Waals surface area (Å²) >= 11 is 0. The van der Waals surface area contributed by atoms with Crippen molar-refractivity contribution in [2.45, 2.75) is 76.2 Å². The lowest BCUT2D eigenvalue weighted by Crippen LogP contribution is -2.44. The summed E-state index contributed by atoms with van der Waals surface area (Å²) in [4.78, 5) is 2.69. The number of nitrogens with zero attached hydrogens (tertiary/aromatic N) is 1. The van der Waals surface area contributed by atoms with Crippen LogP contribution in [0.15, 0.2) is 0 Å². The normalized spacial score (nSPS) is 24.1. The molecular weight excluding hydrogens is 251 g/mol. The van der Waals surface area contributed by atoms with Crippen LogP contribution in [0.1, 0.15) is 57.8 Å². The van der Waals surface area contributed by atoms with Crippen LogP contribution in [0, 0.1) is 5.92 Å². The maximum Gasteiger partial charge on any atom is 0.451 e. The van der Waals surface area contributed by atoms with E-state index in [0.717, 1.165) is 25.3 Å². The lowest BCUT2D eigenvalue weighted by Gasteiger charge is -2.38. The smallest absolute Gasteiger partial charge is 0.427 e. The predicted molar refractivity (Wildman–Crippen MR) is 83.4 cm³/mol. The molecule has 20 heavy (non-hydrogen) atoms. The summed E-state index contributed by atoms with van der Waals surface area (Å²) in [6.45, 7) is 2.47. The van der Waals surface area contributed by atoms with E-state index >= 15 is 0 Å². The summed E-state index contributed by atoms with van der Waals surface area (Å²) < 4.78 is 0. The molecule has 4 nitrogen and oxygen atoms in total. The first-order chi connectivity index (χ1) is 9.66. The van der Waals surface area contributed by atoms with E-state index in [1.165, 1.54) is 51.6 Å². The monoisotopic (exact) mass is 282 g/mol. The van der Waals surface area contributed by atoms with Gasteiger partial charge in [0.1, 0.15) is 0 Å². The molecule has 0 bridgehead atoms. The lowest BCUT2D eigenvalue weighted by molar-refractivity contribution is 0.122. The topological polar surface area (TPSA) is 69.7 Å².